The lowest BCUT2D eigenvalue weighted by Crippen LogP contribution is -2.25. The van der Waals surface area contributed by atoms with Gasteiger partial charge in [0.15, 0.2) is 5.82 Å². The fourth-order valence-electron chi connectivity index (χ4n) is 1.94. The van der Waals surface area contributed by atoms with Crippen molar-refractivity contribution in [1.82, 2.24) is 9.97 Å². The van der Waals surface area contributed by atoms with Crippen LogP contribution in [0.4, 0.5) is 5.82 Å². The molecule has 1 rings (SSSR count). The van der Waals surface area contributed by atoms with Gasteiger partial charge in [-0.1, -0.05) is 13.8 Å². The highest BCUT2D eigenvalue weighted by molar-refractivity contribution is 5.48. The summed E-state index contributed by atoms with van der Waals surface area (Å²) >= 11 is 0. The minimum atomic E-state index is -0.468. The lowest BCUT2D eigenvalue weighted by Gasteiger charge is -2.24. The summed E-state index contributed by atoms with van der Waals surface area (Å²) in [5.41, 5.74) is 1.74. The van der Waals surface area contributed by atoms with Crippen molar-refractivity contribution in [2.75, 3.05) is 19.0 Å². The fourth-order valence-corrected chi connectivity index (χ4v) is 1.94. The molecule has 18 heavy (non-hydrogen) atoms. The summed E-state index contributed by atoms with van der Waals surface area (Å²) in [5, 5.41) is 3.33. The molecule has 1 N–H and O–H groups in total. The first-order valence-corrected chi connectivity index (χ1v) is 6.51. The van der Waals surface area contributed by atoms with Gasteiger partial charge in [-0.15, -0.1) is 0 Å². The molecular formula is C14H25N3O. The first-order chi connectivity index (χ1) is 8.33. The number of anilines is 1. The zero-order chi connectivity index (χ0) is 13.9. The van der Waals surface area contributed by atoms with Gasteiger partial charge in [-0.25, -0.2) is 9.97 Å². The molecule has 4 heteroatoms. The fraction of sp³-hybridized carbons (Fsp3) is 0.714. The molecule has 0 aliphatic carbocycles. The summed E-state index contributed by atoms with van der Waals surface area (Å²) in [5.74, 6) is 2.06. The maximum absolute atomic E-state index is 5.46. The van der Waals surface area contributed by atoms with E-state index in [9.17, 15) is 0 Å². The van der Waals surface area contributed by atoms with E-state index in [0.717, 1.165) is 23.9 Å². The minimum absolute atomic E-state index is 0.402. The van der Waals surface area contributed by atoms with Crippen molar-refractivity contribution in [3.05, 3.63) is 17.1 Å². The Bertz CT molecular complexity index is 414. The van der Waals surface area contributed by atoms with Crippen molar-refractivity contribution in [2.45, 2.75) is 53.1 Å². The molecule has 0 aliphatic rings. The van der Waals surface area contributed by atoms with E-state index in [2.05, 4.69) is 36.1 Å². The van der Waals surface area contributed by atoms with Crippen LogP contribution >= 0.6 is 0 Å². The third-order valence-corrected chi connectivity index (χ3v) is 3.11. The lowest BCUT2D eigenvalue weighted by molar-refractivity contribution is 0.0114. The molecule has 0 amide bonds. The minimum Gasteiger partial charge on any atom is -0.371 e. The highest BCUT2D eigenvalue weighted by Crippen LogP contribution is 2.29. The van der Waals surface area contributed by atoms with Crippen LogP contribution in [0.15, 0.2) is 0 Å². The number of rotatable bonds is 5. The quantitative estimate of drug-likeness (QED) is 0.873. The Balaban J connectivity index is 3.36. The molecule has 4 nitrogen and oxygen atoms in total. The van der Waals surface area contributed by atoms with Crippen LogP contribution in [0.2, 0.25) is 0 Å². The van der Waals surface area contributed by atoms with Gasteiger partial charge < -0.3 is 10.1 Å². The van der Waals surface area contributed by atoms with Crippen LogP contribution in [0.1, 0.15) is 57.6 Å². The Morgan fingerprint density at radius 3 is 2.33 bits per heavy atom. The highest BCUT2D eigenvalue weighted by atomic mass is 16.5. The molecule has 0 saturated carbocycles. The molecule has 0 spiro atoms. The van der Waals surface area contributed by atoms with Crippen LogP contribution in [0.5, 0.6) is 0 Å². The molecule has 102 valence electrons. The van der Waals surface area contributed by atoms with Gasteiger partial charge in [-0.05, 0) is 33.6 Å². The molecule has 0 unspecified atom stereocenters. The molecule has 0 aliphatic heterocycles. The average molecular weight is 251 g/mol. The third-order valence-electron chi connectivity index (χ3n) is 3.11. The number of nitrogens with one attached hydrogen (secondary N) is 1. The second-order valence-corrected chi connectivity index (χ2v) is 5.29. The Labute approximate surface area is 110 Å². The Kier molecular flexibility index (Phi) is 4.68. The average Bonchev–Trinajstić information content (AvgIpc) is 2.28. The van der Waals surface area contributed by atoms with Gasteiger partial charge in [0.1, 0.15) is 11.4 Å². The van der Waals surface area contributed by atoms with Crippen LogP contribution < -0.4 is 5.32 Å². The normalized spacial score (nSPS) is 12.0. The molecule has 0 fully saturated rings. The predicted octanol–water partition coefficient (Wildman–Crippen LogP) is 3.22. The molecule has 0 atom stereocenters. The Hall–Kier alpha value is -1.16. The van der Waals surface area contributed by atoms with Crippen LogP contribution in [0.25, 0.3) is 0 Å². The summed E-state index contributed by atoms with van der Waals surface area (Å²) in [6.07, 6.45) is 0. The SMILES string of the molecule is CCNc1nc(C(C)(C)OC)nc(C)c1C(C)C. The van der Waals surface area contributed by atoms with Gasteiger partial charge in [0.2, 0.25) is 0 Å². The van der Waals surface area contributed by atoms with Crippen LogP contribution in [0, 0.1) is 6.92 Å². The van der Waals surface area contributed by atoms with Gasteiger partial charge in [0, 0.05) is 24.9 Å². The number of hydrogen-bond donors (Lipinski definition) is 1. The smallest absolute Gasteiger partial charge is 0.162 e. The topological polar surface area (TPSA) is 47.0 Å². The zero-order valence-electron chi connectivity index (χ0n) is 12.6. The van der Waals surface area contributed by atoms with E-state index in [1.807, 2.05) is 20.8 Å². The maximum atomic E-state index is 5.46. The summed E-state index contributed by atoms with van der Waals surface area (Å²) in [7, 11) is 1.68. The van der Waals surface area contributed by atoms with E-state index in [-0.39, 0.29) is 0 Å². The highest BCUT2D eigenvalue weighted by Gasteiger charge is 2.26. The van der Waals surface area contributed by atoms with Crippen molar-refractivity contribution >= 4 is 5.82 Å². The third kappa shape index (κ3) is 2.99. The van der Waals surface area contributed by atoms with Crippen LogP contribution in [-0.4, -0.2) is 23.6 Å². The largest absolute Gasteiger partial charge is 0.371 e. The van der Waals surface area contributed by atoms with Crippen molar-refractivity contribution in [1.29, 1.82) is 0 Å². The summed E-state index contributed by atoms with van der Waals surface area (Å²) in [6, 6.07) is 0. The first-order valence-electron chi connectivity index (χ1n) is 6.51. The van der Waals surface area contributed by atoms with Gasteiger partial charge in [0.25, 0.3) is 0 Å². The van der Waals surface area contributed by atoms with Gasteiger partial charge in [-0.3, -0.25) is 0 Å². The van der Waals surface area contributed by atoms with E-state index >= 15 is 0 Å². The van der Waals surface area contributed by atoms with E-state index in [1.165, 1.54) is 5.56 Å². The molecule has 1 aromatic heterocycles. The zero-order valence-corrected chi connectivity index (χ0v) is 12.6. The molecular weight excluding hydrogens is 226 g/mol. The second-order valence-electron chi connectivity index (χ2n) is 5.29. The Morgan fingerprint density at radius 1 is 1.28 bits per heavy atom. The van der Waals surface area contributed by atoms with Gasteiger partial charge >= 0.3 is 0 Å². The van der Waals surface area contributed by atoms with Crippen molar-refractivity contribution < 1.29 is 4.74 Å². The molecule has 0 saturated heterocycles. The number of hydrogen-bond acceptors (Lipinski definition) is 4. The predicted molar refractivity (Wildman–Crippen MR) is 75.1 cm³/mol. The summed E-state index contributed by atoms with van der Waals surface area (Å²) in [4.78, 5) is 9.24. The molecule has 1 aromatic rings. The number of aromatic nitrogens is 2. The second kappa shape index (κ2) is 5.65. The van der Waals surface area contributed by atoms with E-state index in [0.29, 0.717) is 5.92 Å². The standard InChI is InChI=1S/C14H25N3O/c1-8-15-12-11(9(2)3)10(4)16-13(17-12)14(5,6)18-7/h9H,8H2,1-7H3,(H,15,16,17). The number of aryl methyl sites for hydroxylation is 1. The van der Waals surface area contributed by atoms with Gasteiger partial charge in [-0.2, -0.15) is 0 Å². The monoisotopic (exact) mass is 251 g/mol. The molecule has 1 heterocycles. The Morgan fingerprint density at radius 2 is 1.89 bits per heavy atom. The molecule has 0 aromatic carbocycles. The maximum Gasteiger partial charge on any atom is 0.162 e. The lowest BCUT2D eigenvalue weighted by atomic mass is 10.0. The van der Waals surface area contributed by atoms with Crippen molar-refractivity contribution in [3.63, 3.8) is 0 Å². The van der Waals surface area contributed by atoms with E-state index in [1.54, 1.807) is 7.11 Å². The van der Waals surface area contributed by atoms with Crippen LogP contribution in [-0.2, 0) is 10.3 Å². The van der Waals surface area contributed by atoms with Crippen molar-refractivity contribution in [2.24, 2.45) is 0 Å². The van der Waals surface area contributed by atoms with Crippen LogP contribution in [0.3, 0.4) is 0 Å². The number of ether oxygens (including phenoxy) is 1. The molecule has 0 radical (unpaired) electrons. The first kappa shape index (κ1) is 14.9. The number of nitrogens with zero attached hydrogens (tertiary/aromatic N) is 2. The van der Waals surface area contributed by atoms with E-state index < -0.39 is 5.60 Å². The molecule has 0 bridgehead atoms. The summed E-state index contributed by atoms with van der Waals surface area (Å²) < 4.78 is 5.46. The van der Waals surface area contributed by atoms with Gasteiger partial charge in [0.05, 0.1) is 0 Å². The summed E-state index contributed by atoms with van der Waals surface area (Å²) in [6.45, 7) is 13.2. The van der Waals surface area contributed by atoms with E-state index in [4.69, 9.17) is 4.74 Å². The van der Waals surface area contributed by atoms with Crippen molar-refractivity contribution in [3.8, 4) is 0 Å². The number of methoxy groups -OCH3 is 1.